The Balaban J connectivity index is 1.44. The number of para-hydroxylation sites is 1. The number of halogens is 3. The highest BCUT2D eigenvalue weighted by Gasteiger charge is 2.33. The molecule has 0 spiro atoms. The minimum absolute atomic E-state index is 0.124. The van der Waals surface area contributed by atoms with E-state index in [4.69, 9.17) is 0 Å². The van der Waals surface area contributed by atoms with Crippen LogP contribution in [0.5, 0.6) is 5.75 Å². The third-order valence-corrected chi connectivity index (χ3v) is 5.95. The van der Waals surface area contributed by atoms with Crippen LogP contribution in [0.1, 0.15) is 47.1 Å². The molecule has 0 aliphatic carbocycles. The summed E-state index contributed by atoms with van der Waals surface area (Å²) >= 11 is 0. The van der Waals surface area contributed by atoms with Gasteiger partial charge in [-0.05, 0) is 56.0 Å². The van der Waals surface area contributed by atoms with Crippen LogP contribution in [-0.2, 0) is 16.0 Å². The number of carbonyl (C=O) groups is 3. The number of hydrogen-bond acceptors (Lipinski definition) is 6. The highest BCUT2D eigenvalue weighted by Crippen LogP contribution is 2.26. The molecule has 1 aliphatic heterocycles. The Hall–Kier alpha value is -4.22. The van der Waals surface area contributed by atoms with Crippen molar-refractivity contribution in [3.8, 4) is 5.75 Å². The molecule has 2 N–H and O–H groups in total. The smallest absolute Gasteiger partial charge is 0.405 e. The zero-order chi connectivity index (χ0) is 26.7. The number of aryl methyl sites for hydroxylation is 2. The van der Waals surface area contributed by atoms with Gasteiger partial charge >= 0.3 is 6.36 Å². The van der Waals surface area contributed by atoms with Crippen LogP contribution >= 0.6 is 0 Å². The summed E-state index contributed by atoms with van der Waals surface area (Å²) in [6.07, 6.45) is -3.69. The highest BCUT2D eigenvalue weighted by molar-refractivity contribution is 5.99. The molecule has 2 heterocycles. The summed E-state index contributed by atoms with van der Waals surface area (Å²) in [5, 5.41) is 5.14. The van der Waals surface area contributed by atoms with Crippen LogP contribution in [0.2, 0.25) is 0 Å². The van der Waals surface area contributed by atoms with Crippen molar-refractivity contribution in [1.29, 1.82) is 0 Å². The number of fused-ring (bicyclic) bond motifs is 1. The average molecular weight is 516 g/mol. The summed E-state index contributed by atoms with van der Waals surface area (Å²) in [5.74, 6) is -1.86. The third-order valence-electron chi connectivity index (χ3n) is 5.95. The number of ether oxygens (including phenoxy) is 1. The second-order valence-electron chi connectivity index (χ2n) is 8.56. The molecule has 3 aromatic rings. The van der Waals surface area contributed by atoms with Gasteiger partial charge in [-0.15, -0.1) is 13.2 Å². The summed E-state index contributed by atoms with van der Waals surface area (Å²) in [4.78, 5) is 53.9. The molecule has 9 nitrogen and oxygen atoms in total. The van der Waals surface area contributed by atoms with Crippen molar-refractivity contribution in [2.24, 2.45) is 0 Å². The van der Waals surface area contributed by atoms with E-state index in [1.807, 2.05) is 0 Å². The maximum atomic E-state index is 13.2. The van der Waals surface area contributed by atoms with Crippen molar-refractivity contribution in [3.05, 3.63) is 69.8 Å². The fourth-order valence-corrected chi connectivity index (χ4v) is 4.27. The molecule has 1 fully saturated rings. The van der Waals surface area contributed by atoms with Crippen molar-refractivity contribution in [1.82, 2.24) is 20.2 Å². The van der Waals surface area contributed by atoms with Crippen molar-refractivity contribution in [3.63, 3.8) is 0 Å². The van der Waals surface area contributed by atoms with E-state index in [0.29, 0.717) is 29.6 Å². The van der Waals surface area contributed by atoms with Crippen LogP contribution in [-0.4, -0.2) is 40.2 Å². The van der Waals surface area contributed by atoms with Gasteiger partial charge in [0.1, 0.15) is 17.6 Å². The summed E-state index contributed by atoms with van der Waals surface area (Å²) in [6, 6.07) is 9.39. The Morgan fingerprint density at radius 3 is 2.68 bits per heavy atom. The van der Waals surface area contributed by atoms with Crippen molar-refractivity contribution in [2.45, 2.75) is 45.0 Å². The minimum atomic E-state index is -4.92. The Morgan fingerprint density at radius 2 is 1.95 bits per heavy atom. The van der Waals surface area contributed by atoms with Gasteiger partial charge in [0, 0.05) is 13.0 Å². The topological polar surface area (TPSA) is 119 Å². The van der Waals surface area contributed by atoms with Gasteiger partial charge in [0.25, 0.3) is 11.5 Å². The van der Waals surface area contributed by atoms with Crippen LogP contribution < -0.4 is 20.9 Å². The van der Waals surface area contributed by atoms with E-state index in [1.165, 1.54) is 22.8 Å². The maximum absolute atomic E-state index is 13.2. The number of benzene rings is 2. The van der Waals surface area contributed by atoms with E-state index in [-0.39, 0.29) is 30.9 Å². The predicted octanol–water partition coefficient (Wildman–Crippen LogP) is 2.94. The first-order valence-corrected chi connectivity index (χ1v) is 11.5. The molecule has 37 heavy (non-hydrogen) atoms. The molecule has 4 rings (SSSR count). The molecule has 0 radical (unpaired) electrons. The van der Waals surface area contributed by atoms with E-state index in [2.05, 4.69) is 20.4 Å². The van der Waals surface area contributed by atoms with Crippen LogP contribution in [0.3, 0.4) is 0 Å². The second kappa shape index (κ2) is 10.4. The van der Waals surface area contributed by atoms with Crippen molar-refractivity contribution >= 4 is 28.6 Å². The summed E-state index contributed by atoms with van der Waals surface area (Å²) in [5.41, 5.74) is 0.610. The van der Waals surface area contributed by atoms with E-state index in [9.17, 15) is 32.3 Å². The van der Waals surface area contributed by atoms with Crippen LogP contribution in [0.25, 0.3) is 10.9 Å². The normalized spacial score (nSPS) is 15.9. The molecule has 1 unspecified atom stereocenters. The van der Waals surface area contributed by atoms with E-state index < -0.39 is 35.5 Å². The standard InChI is InChI=1S/C25H23F3N4O5/c1-14-30-18-9-8-15(13-17(18)24(36)32(14)19-10-11-21(33)31-23(19)35)5-4-12-29-22(34)16-6-2-3-7-20(16)37-25(26,27)28/h2-3,6-9,13,19H,4-5,10-12H2,1H3,(H,29,34)(H,31,33,35). The highest BCUT2D eigenvalue weighted by atomic mass is 19.4. The molecule has 12 heteroatoms. The second-order valence-corrected chi connectivity index (χ2v) is 8.56. The van der Waals surface area contributed by atoms with Crippen molar-refractivity contribution < 1.29 is 32.3 Å². The van der Waals surface area contributed by atoms with E-state index in [1.54, 1.807) is 25.1 Å². The van der Waals surface area contributed by atoms with Crippen LogP contribution in [0.15, 0.2) is 47.3 Å². The quantitative estimate of drug-likeness (QED) is 0.368. The number of nitrogens with one attached hydrogen (secondary N) is 2. The molecule has 1 aliphatic rings. The van der Waals surface area contributed by atoms with Crippen LogP contribution in [0.4, 0.5) is 13.2 Å². The fourth-order valence-electron chi connectivity index (χ4n) is 4.27. The Morgan fingerprint density at radius 1 is 1.19 bits per heavy atom. The predicted molar refractivity (Wildman–Crippen MR) is 126 cm³/mol. The number of imide groups is 1. The van der Waals surface area contributed by atoms with Crippen LogP contribution in [0, 0.1) is 6.92 Å². The zero-order valence-electron chi connectivity index (χ0n) is 19.7. The number of nitrogens with zero attached hydrogens (tertiary/aromatic N) is 2. The molecule has 1 saturated heterocycles. The number of amides is 3. The largest absolute Gasteiger partial charge is 0.573 e. The van der Waals surface area contributed by atoms with Gasteiger partial charge in [-0.25, -0.2) is 4.98 Å². The van der Waals surface area contributed by atoms with Gasteiger partial charge in [-0.1, -0.05) is 18.2 Å². The molecule has 0 saturated carbocycles. The molecule has 2 aromatic carbocycles. The summed E-state index contributed by atoms with van der Waals surface area (Å²) in [7, 11) is 0. The Kier molecular flexibility index (Phi) is 7.28. The third kappa shape index (κ3) is 5.96. The number of aromatic nitrogens is 2. The molecule has 1 aromatic heterocycles. The van der Waals surface area contributed by atoms with Gasteiger partial charge < -0.3 is 10.1 Å². The SMILES string of the molecule is Cc1nc2ccc(CCCNC(=O)c3ccccc3OC(F)(F)F)cc2c(=O)n1C1CCC(=O)NC1=O. The van der Waals surface area contributed by atoms with Gasteiger partial charge in [-0.2, -0.15) is 0 Å². The average Bonchev–Trinajstić information content (AvgIpc) is 2.82. The van der Waals surface area contributed by atoms with Gasteiger partial charge in [0.05, 0.1) is 16.5 Å². The molecule has 194 valence electrons. The lowest BCUT2D eigenvalue weighted by atomic mass is 10.0. The fraction of sp³-hybridized carbons (Fsp3) is 0.320. The number of carbonyl (C=O) groups excluding carboxylic acids is 3. The number of rotatable bonds is 7. The summed E-state index contributed by atoms with van der Waals surface area (Å²) < 4.78 is 43.0. The number of hydrogen-bond donors (Lipinski definition) is 2. The summed E-state index contributed by atoms with van der Waals surface area (Å²) in [6.45, 7) is 1.79. The van der Waals surface area contributed by atoms with E-state index in [0.717, 1.165) is 11.6 Å². The lowest BCUT2D eigenvalue weighted by Crippen LogP contribution is -2.45. The number of alkyl halides is 3. The first-order valence-electron chi connectivity index (χ1n) is 11.5. The van der Waals surface area contributed by atoms with E-state index >= 15 is 0 Å². The minimum Gasteiger partial charge on any atom is -0.405 e. The zero-order valence-corrected chi connectivity index (χ0v) is 19.7. The Bertz CT molecular complexity index is 1430. The van der Waals surface area contributed by atoms with Gasteiger partial charge in [-0.3, -0.25) is 29.1 Å². The van der Waals surface area contributed by atoms with Gasteiger partial charge in [0.15, 0.2) is 0 Å². The molecule has 3 amide bonds. The lowest BCUT2D eigenvalue weighted by molar-refractivity contribution is -0.274. The monoisotopic (exact) mass is 516 g/mol. The lowest BCUT2D eigenvalue weighted by Gasteiger charge is -2.24. The molecular weight excluding hydrogens is 493 g/mol. The molecule has 1 atom stereocenters. The first kappa shape index (κ1) is 25.9. The van der Waals surface area contributed by atoms with Gasteiger partial charge in [0.2, 0.25) is 11.8 Å². The molecular formula is C25H23F3N4O5. The molecule has 0 bridgehead atoms. The number of piperidine rings is 1. The maximum Gasteiger partial charge on any atom is 0.573 e. The van der Waals surface area contributed by atoms with Crippen molar-refractivity contribution in [2.75, 3.05) is 6.54 Å². The Labute approximate surface area is 208 Å². The first-order chi connectivity index (χ1) is 17.5.